The van der Waals surface area contributed by atoms with Crippen LogP contribution in [0.15, 0.2) is 18.2 Å². The largest absolute Gasteiger partial charge is 0.494 e. The van der Waals surface area contributed by atoms with Crippen LogP contribution in [0.2, 0.25) is 0 Å². The number of hydrogen-bond donors (Lipinski definition) is 1. The molecule has 0 aliphatic heterocycles. The zero-order valence-electron chi connectivity index (χ0n) is 10.6. The normalized spacial score (nSPS) is 16.2. The van der Waals surface area contributed by atoms with Crippen molar-refractivity contribution >= 4 is 11.6 Å². The fourth-order valence-corrected chi connectivity index (χ4v) is 1.99. The lowest BCUT2D eigenvalue weighted by Gasteiger charge is -2.23. The summed E-state index contributed by atoms with van der Waals surface area (Å²) in [5, 5.41) is 0. The third-order valence-electron chi connectivity index (χ3n) is 3.53. The number of anilines is 1. The first-order valence-electron chi connectivity index (χ1n) is 5.86. The Bertz CT molecular complexity index is 472. The maximum atomic E-state index is 13.6. The van der Waals surface area contributed by atoms with E-state index in [-0.39, 0.29) is 11.7 Å². The van der Waals surface area contributed by atoms with Crippen molar-refractivity contribution in [2.45, 2.75) is 12.8 Å². The maximum absolute atomic E-state index is 13.6. The number of benzene rings is 1. The number of halogens is 1. The van der Waals surface area contributed by atoms with Crippen molar-refractivity contribution in [2.75, 3.05) is 25.6 Å². The molecule has 98 valence electrons. The second kappa shape index (κ2) is 4.57. The van der Waals surface area contributed by atoms with Crippen molar-refractivity contribution in [1.29, 1.82) is 0 Å². The van der Waals surface area contributed by atoms with Crippen LogP contribution in [0.4, 0.5) is 10.1 Å². The van der Waals surface area contributed by atoms with Gasteiger partial charge in [0.25, 0.3) is 0 Å². The Hall–Kier alpha value is -1.62. The van der Waals surface area contributed by atoms with Crippen LogP contribution in [0.25, 0.3) is 0 Å². The highest BCUT2D eigenvalue weighted by atomic mass is 19.1. The summed E-state index contributed by atoms with van der Waals surface area (Å²) < 4.78 is 18.4. The average Bonchev–Trinajstić information content (AvgIpc) is 3.18. The number of ether oxygens (including phenoxy) is 1. The molecule has 2 N–H and O–H groups in total. The summed E-state index contributed by atoms with van der Waals surface area (Å²) in [5.74, 6) is -0.360. The highest BCUT2D eigenvalue weighted by Crippen LogP contribution is 2.46. The van der Waals surface area contributed by atoms with Gasteiger partial charge >= 0.3 is 0 Å². The van der Waals surface area contributed by atoms with Crippen molar-refractivity contribution in [3.63, 3.8) is 0 Å². The molecule has 0 unspecified atom stereocenters. The molecular weight excluding hydrogens is 235 g/mol. The van der Waals surface area contributed by atoms with E-state index in [0.29, 0.717) is 12.2 Å². The van der Waals surface area contributed by atoms with Crippen LogP contribution < -0.4 is 15.4 Å². The van der Waals surface area contributed by atoms with Crippen LogP contribution >= 0.6 is 0 Å². The van der Waals surface area contributed by atoms with E-state index < -0.39 is 11.2 Å². The van der Waals surface area contributed by atoms with Gasteiger partial charge in [0.15, 0.2) is 11.6 Å². The van der Waals surface area contributed by atoms with Crippen LogP contribution in [0.5, 0.6) is 5.75 Å². The predicted octanol–water partition coefficient (Wildman–Crippen LogP) is 1.54. The van der Waals surface area contributed by atoms with E-state index in [2.05, 4.69) is 0 Å². The van der Waals surface area contributed by atoms with Crippen LogP contribution in [-0.2, 0) is 4.79 Å². The van der Waals surface area contributed by atoms with Gasteiger partial charge in [-0.25, -0.2) is 4.39 Å². The third kappa shape index (κ3) is 2.06. The van der Waals surface area contributed by atoms with Crippen LogP contribution in [0.1, 0.15) is 12.8 Å². The van der Waals surface area contributed by atoms with Crippen molar-refractivity contribution < 1.29 is 13.9 Å². The first-order chi connectivity index (χ1) is 8.54. The van der Waals surface area contributed by atoms with Crippen molar-refractivity contribution in [2.24, 2.45) is 11.1 Å². The van der Waals surface area contributed by atoms with Crippen LogP contribution in [0.3, 0.4) is 0 Å². The lowest BCUT2D eigenvalue weighted by molar-refractivity contribution is -0.123. The number of nitrogens with two attached hydrogens (primary N) is 1. The molecule has 1 aliphatic carbocycles. The number of rotatable bonds is 4. The van der Waals surface area contributed by atoms with Gasteiger partial charge in [-0.2, -0.15) is 0 Å². The minimum Gasteiger partial charge on any atom is -0.494 e. The van der Waals surface area contributed by atoms with E-state index in [1.54, 1.807) is 13.1 Å². The van der Waals surface area contributed by atoms with Crippen molar-refractivity contribution in [1.82, 2.24) is 0 Å². The molecule has 2 rings (SSSR count). The molecule has 0 spiro atoms. The molecule has 1 saturated carbocycles. The first kappa shape index (κ1) is 12.8. The van der Waals surface area contributed by atoms with E-state index in [1.165, 1.54) is 24.1 Å². The van der Waals surface area contributed by atoms with Gasteiger partial charge in [-0.15, -0.1) is 0 Å². The summed E-state index contributed by atoms with van der Waals surface area (Å²) in [6.45, 7) is 0.342. The lowest BCUT2D eigenvalue weighted by atomic mass is 10.1. The monoisotopic (exact) mass is 252 g/mol. The standard InChI is InChI=1S/C13H17FN2O2/c1-16(12(17)13(8-15)5-6-13)9-3-4-11(18-2)10(14)7-9/h3-4,7H,5-6,8,15H2,1-2H3. The number of amides is 1. The maximum Gasteiger partial charge on any atom is 0.234 e. The van der Waals surface area contributed by atoms with E-state index in [1.807, 2.05) is 0 Å². The van der Waals surface area contributed by atoms with Gasteiger partial charge in [0.2, 0.25) is 5.91 Å². The fourth-order valence-electron chi connectivity index (χ4n) is 1.99. The van der Waals surface area contributed by atoms with Crippen molar-refractivity contribution in [3.8, 4) is 5.75 Å². The van der Waals surface area contributed by atoms with Crippen LogP contribution in [0, 0.1) is 11.2 Å². The van der Waals surface area contributed by atoms with Gasteiger partial charge in [0, 0.05) is 25.3 Å². The number of hydrogen-bond acceptors (Lipinski definition) is 3. The van der Waals surface area contributed by atoms with E-state index in [9.17, 15) is 9.18 Å². The summed E-state index contributed by atoms with van der Waals surface area (Å²) in [7, 11) is 3.04. The Kier molecular flexibility index (Phi) is 3.26. The summed E-state index contributed by atoms with van der Waals surface area (Å²) in [6.07, 6.45) is 1.62. The molecule has 1 fully saturated rings. The molecule has 0 bridgehead atoms. The molecule has 1 aromatic rings. The molecule has 1 aromatic carbocycles. The Balaban J connectivity index is 2.21. The van der Waals surface area contributed by atoms with E-state index in [4.69, 9.17) is 10.5 Å². The second-order valence-electron chi connectivity index (χ2n) is 4.67. The average molecular weight is 252 g/mol. The fraction of sp³-hybridized carbons (Fsp3) is 0.462. The van der Waals surface area contributed by atoms with Gasteiger partial charge in [0.05, 0.1) is 12.5 Å². The SMILES string of the molecule is COc1ccc(N(C)C(=O)C2(CN)CC2)cc1F. The summed E-state index contributed by atoms with van der Waals surface area (Å²) in [5.41, 5.74) is 5.71. The Morgan fingerprint density at radius 1 is 1.56 bits per heavy atom. The minimum atomic E-state index is -0.479. The molecule has 0 aromatic heterocycles. The number of nitrogens with zero attached hydrogens (tertiary/aromatic N) is 1. The molecular formula is C13H17FN2O2. The quantitative estimate of drug-likeness (QED) is 0.884. The van der Waals surface area contributed by atoms with Crippen LogP contribution in [-0.4, -0.2) is 26.6 Å². The lowest BCUT2D eigenvalue weighted by Crippen LogP contribution is -2.38. The Morgan fingerprint density at radius 3 is 2.67 bits per heavy atom. The van der Waals surface area contributed by atoms with E-state index in [0.717, 1.165) is 12.8 Å². The highest BCUT2D eigenvalue weighted by Gasteiger charge is 2.50. The van der Waals surface area contributed by atoms with Gasteiger partial charge in [-0.3, -0.25) is 4.79 Å². The highest BCUT2D eigenvalue weighted by molar-refractivity contribution is 5.99. The first-order valence-corrected chi connectivity index (χ1v) is 5.86. The summed E-state index contributed by atoms with van der Waals surface area (Å²) in [6, 6.07) is 4.46. The molecule has 18 heavy (non-hydrogen) atoms. The second-order valence-corrected chi connectivity index (χ2v) is 4.67. The minimum absolute atomic E-state index is 0.0467. The molecule has 1 aliphatic rings. The zero-order valence-corrected chi connectivity index (χ0v) is 10.6. The Morgan fingerprint density at radius 2 is 2.22 bits per heavy atom. The third-order valence-corrected chi connectivity index (χ3v) is 3.53. The number of methoxy groups -OCH3 is 1. The summed E-state index contributed by atoms with van der Waals surface area (Å²) >= 11 is 0. The van der Waals surface area contributed by atoms with Gasteiger partial charge in [-0.1, -0.05) is 0 Å². The smallest absolute Gasteiger partial charge is 0.234 e. The number of carbonyl (C=O) groups excluding carboxylic acids is 1. The molecule has 0 heterocycles. The van der Waals surface area contributed by atoms with Gasteiger partial charge < -0.3 is 15.4 Å². The van der Waals surface area contributed by atoms with Gasteiger partial charge in [0.1, 0.15) is 0 Å². The zero-order chi connectivity index (χ0) is 13.3. The summed E-state index contributed by atoms with van der Waals surface area (Å²) in [4.78, 5) is 13.7. The molecule has 0 radical (unpaired) electrons. The Labute approximate surface area is 106 Å². The van der Waals surface area contributed by atoms with Crippen molar-refractivity contribution in [3.05, 3.63) is 24.0 Å². The van der Waals surface area contributed by atoms with E-state index >= 15 is 0 Å². The molecule has 4 nitrogen and oxygen atoms in total. The topological polar surface area (TPSA) is 55.6 Å². The molecule has 5 heteroatoms. The molecule has 1 amide bonds. The van der Waals surface area contributed by atoms with Gasteiger partial charge in [-0.05, 0) is 25.0 Å². The molecule has 0 saturated heterocycles. The predicted molar refractivity (Wildman–Crippen MR) is 67.1 cm³/mol. The number of carbonyl (C=O) groups is 1. The molecule has 0 atom stereocenters.